The Morgan fingerprint density at radius 1 is 0.903 bits per heavy atom. The van der Waals surface area contributed by atoms with Crippen LogP contribution in [-0.2, 0) is 15.6 Å². The lowest BCUT2D eigenvalue weighted by Gasteiger charge is -2.19. The summed E-state index contributed by atoms with van der Waals surface area (Å²) in [6, 6.07) is 11.8. The molecule has 3 aromatic rings. The van der Waals surface area contributed by atoms with Crippen LogP contribution in [0.2, 0.25) is 0 Å². The molecule has 0 aliphatic carbocycles. The number of rotatable bonds is 8. The van der Waals surface area contributed by atoms with Crippen LogP contribution < -0.4 is 18.9 Å². The molecule has 1 unspecified atom stereocenters. The summed E-state index contributed by atoms with van der Waals surface area (Å²) < 4.78 is 34.9. The van der Waals surface area contributed by atoms with Crippen LogP contribution in [0.25, 0.3) is 10.8 Å². The number of aromatic hydroxyl groups is 1. The van der Waals surface area contributed by atoms with E-state index in [0.717, 1.165) is 0 Å². The molecular formula is C23H24O7S. The van der Waals surface area contributed by atoms with E-state index >= 15 is 0 Å². The number of hydrogen-bond donors (Lipinski definition) is 1. The number of methoxy groups -OCH3 is 1. The quantitative estimate of drug-likeness (QED) is 0.406. The molecule has 0 amide bonds. The molecule has 0 aliphatic rings. The SMILES string of the molecule is CCOc1c(OCC)c(OC(C)=O)c2ccc(S(=O)c3ccc(OC)cc3)cc2c1O. The van der Waals surface area contributed by atoms with Gasteiger partial charge in [-0.25, -0.2) is 4.21 Å². The molecule has 0 aromatic heterocycles. The third-order valence-corrected chi connectivity index (χ3v) is 5.81. The lowest BCUT2D eigenvalue weighted by Crippen LogP contribution is -2.07. The highest BCUT2D eigenvalue weighted by atomic mass is 32.2. The fourth-order valence-corrected chi connectivity index (χ4v) is 4.19. The molecule has 1 N–H and O–H groups in total. The van der Waals surface area contributed by atoms with E-state index in [1.54, 1.807) is 63.4 Å². The summed E-state index contributed by atoms with van der Waals surface area (Å²) in [5.74, 6) is 0.306. The standard InChI is InChI=1S/C23H24O7S/c1-5-28-22-20(25)19-13-17(31(26)16-9-7-15(27-4)8-10-16)11-12-18(19)21(30-14(3)24)23(22)29-6-2/h7-13,25H,5-6H2,1-4H3. The number of ether oxygens (including phenoxy) is 4. The summed E-state index contributed by atoms with van der Waals surface area (Å²) in [5, 5.41) is 11.7. The Bertz CT molecular complexity index is 1120. The van der Waals surface area contributed by atoms with Gasteiger partial charge in [-0.3, -0.25) is 4.79 Å². The van der Waals surface area contributed by atoms with Crippen LogP contribution >= 0.6 is 0 Å². The number of esters is 1. The zero-order chi connectivity index (χ0) is 22.5. The van der Waals surface area contributed by atoms with Crippen molar-refractivity contribution in [2.75, 3.05) is 20.3 Å². The molecule has 0 heterocycles. The second kappa shape index (κ2) is 9.70. The van der Waals surface area contributed by atoms with Crippen molar-refractivity contribution >= 4 is 27.5 Å². The van der Waals surface area contributed by atoms with E-state index in [9.17, 15) is 14.1 Å². The van der Waals surface area contributed by atoms with Crippen molar-refractivity contribution < 1.29 is 33.1 Å². The maximum atomic E-state index is 13.1. The van der Waals surface area contributed by atoms with Gasteiger partial charge < -0.3 is 24.1 Å². The van der Waals surface area contributed by atoms with Crippen molar-refractivity contribution in [1.82, 2.24) is 0 Å². The molecule has 31 heavy (non-hydrogen) atoms. The first-order chi connectivity index (χ1) is 14.9. The summed E-state index contributed by atoms with van der Waals surface area (Å²) in [5.41, 5.74) is 0. The average Bonchev–Trinajstić information content (AvgIpc) is 2.78. The van der Waals surface area contributed by atoms with Crippen LogP contribution in [0, 0.1) is 0 Å². The fraction of sp³-hybridized carbons (Fsp3) is 0.261. The van der Waals surface area contributed by atoms with E-state index in [2.05, 4.69) is 0 Å². The molecule has 0 radical (unpaired) electrons. The first kappa shape index (κ1) is 22.4. The third kappa shape index (κ3) is 4.59. The molecule has 7 nitrogen and oxygen atoms in total. The lowest BCUT2D eigenvalue weighted by molar-refractivity contribution is -0.131. The highest BCUT2D eigenvalue weighted by Crippen LogP contribution is 2.51. The van der Waals surface area contributed by atoms with Crippen molar-refractivity contribution in [2.24, 2.45) is 0 Å². The minimum absolute atomic E-state index is 0.0699. The molecule has 8 heteroatoms. The predicted octanol–water partition coefficient (Wildman–Crippen LogP) is 4.44. The van der Waals surface area contributed by atoms with Crippen molar-refractivity contribution in [3.05, 3.63) is 42.5 Å². The number of hydrogen-bond acceptors (Lipinski definition) is 7. The number of carbonyl (C=O) groups excluding carboxylic acids is 1. The van der Waals surface area contributed by atoms with Crippen molar-refractivity contribution in [1.29, 1.82) is 0 Å². The average molecular weight is 445 g/mol. The van der Waals surface area contributed by atoms with E-state index in [1.807, 2.05) is 0 Å². The number of phenolic OH excluding ortho intramolecular Hbond substituents is 1. The number of phenols is 1. The van der Waals surface area contributed by atoms with Crippen LogP contribution in [0.3, 0.4) is 0 Å². The molecule has 3 rings (SSSR count). The summed E-state index contributed by atoms with van der Waals surface area (Å²) in [6.45, 7) is 5.35. The highest BCUT2D eigenvalue weighted by molar-refractivity contribution is 7.85. The molecule has 0 fully saturated rings. The molecule has 0 aliphatic heterocycles. The smallest absolute Gasteiger partial charge is 0.308 e. The Morgan fingerprint density at radius 3 is 2.10 bits per heavy atom. The zero-order valence-corrected chi connectivity index (χ0v) is 18.6. The first-order valence-corrected chi connectivity index (χ1v) is 10.9. The van der Waals surface area contributed by atoms with E-state index in [4.69, 9.17) is 18.9 Å². The van der Waals surface area contributed by atoms with Crippen molar-refractivity contribution in [2.45, 2.75) is 30.6 Å². The minimum Gasteiger partial charge on any atom is -0.504 e. The van der Waals surface area contributed by atoms with E-state index in [0.29, 0.717) is 26.3 Å². The second-order valence-corrected chi connectivity index (χ2v) is 7.93. The van der Waals surface area contributed by atoms with Gasteiger partial charge in [0.25, 0.3) is 0 Å². The van der Waals surface area contributed by atoms with Crippen LogP contribution in [0.1, 0.15) is 20.8 Å². The van der Waals surface area contributed by atoms with Gasteiger partial charge in [-0.15, -0.1) is 0 Å². The van der Waals surface area contributed by atoms with Gasteiger partial charge >= 0.3 is 5.97 Å². The number of carbonyl (C=O) groups is 1. The lowest BCUT2D eigenvalue weighted by atomic mass is 10.1. The molecule has 0 spiro atoms. The summed E-state index contributed by atoms with van der Waals surface area (Å²) in [6.07, 6.45) is 0. The molecule has 3 aromatic carbocycles. The number of fused-ring (bicyclic) bond motifs is 1. The fourth-order valence-electron chi connectivity index (χ4n) is 3.12. The molecule has 0 saturated heterocycles. The van der Waals surface area contributed by atoms with E-state index < -0.39 is 16.8 Å². The molecule has 164 valence electrons. The monoisotopic (exact) mass is 444 g/mol. The topological polar surface area (TPSA) is 91.3 Å². The predicted molar refractivity (Wildman–Crippen MR) is 117 cm³/mol. The number of benzene rings is 3. The van der Waals surface area contributed by atoms with Crippen LogP contribution in [0.15, 0.2) is 52.3 Å². The van der Waals surface area contributed by atoms with Crippen LogP contribution in [0.5, 0.6) is 28.7 Å². The Kier molecular flexibility index (Phi) is 7.02. The van der Waals surface area contributed by atoms with Crippen molar-refractivity contribution in [3.8, 4) is 28.7 Å². The summed E-state index contributed by atoms with van der Waals surface area (Å²) in [4.78, 5) is 12.8. The maximum Gasteiger partial charge on any atom is 0.308 e. The third-order valence-electron chi connectivity index (χ3n) is 4.43. The Balaban J connectivity index is 2.20. The van der Waals surface area contributed by atoms with Gasteiger partial charge in [0.1, 0.15) is 5.75 Å². The van der Waals surface area contributed by atoms with Crippen LogP contribution in [-0.4, -0.2) is 35.6 Å². The van der Waals surface area contributed by atoms with Gasteiger partial charge in [-0.1, -0.05) is 0 Å². The molecule has 1 atom stereocenters. The van der Waals surface area contributed by atoms with Crippen molar-refractivity contribution in [3.63, 3.8) is 0 Å². The van der Waals surface area contributed by atoms with Gasteiger partial charge in [0.2, 0.25) is 11.5 Å². The second-order valence-electron chi connectivity index (χ2n) is 6.45. The molecule has 0 saturated carbocycles. The summed E-state index contributed by atoms with van der Waals surface area (Å²) in [7, 11) is 0.0565. The van der Waals surface area contributed by atoms with Gasteiger partial charge in [0, 0.05) is 27.5 Å². The van der Waals surface area contributed by atoms with E-state index in [-0.39, 0.29) is 36.2 Å². The minimum atomic E-state index is -1.50. The van der Waals surface area contributed by atoms with Crippen LogP contribution in [0.4, 0.5) is 0 Å². The maximum absolute atomic E-state index is 13.1. The van der Waals surface area contributed by atoms with Gasteiger partial charge in [-0.2, -0.15) is 0 Å². The largest absolute Gasteiger partial charge is 0.504 e. The van der Waals surface area contributed by atoms with Gasteiger partial charge in [0.15, 0.2) is 11.5 Å². The Hall–Kier alpha value is -3.26. The Morgan fingerprint density at radius 2 is 1.52 bits per heavy atom. The Labute approximate surface area is 183 Å². The summed E-state index contributed by atoms with van der Waals surface area (Å²) >= 11 is 0. The molecular weight excluding hydrogens is 420 g/mol. The first-order valence-electron chi connectivity index (χ1n) is 9.73. The molecule has 0 bridgehead atoms. The van der Waals surface area contributed by atoms with Gasteiger partial charge in [-0.05, 0) is 56.3 Å². The van der Waals surface area contributed by atoms with Gasteiger partial charge in [0.05, 0.1) is 31.1 Å². The van der Waals surface area contributed by atoms with E-state index in [1.165, 1.54) is 6.92 Å². The zero-order valence-electron chi connectivity index (χ0n) is 17.8. The normalized spacial score (nSPS) is 11.7. The highest BCUT2D eigenvalue weighted by Gasteiger charge is 2.25.